The molecule has 0 saturated carbocycles. The molecular weight excluding hydrogens is 222 g/mol. The van der Waals surface area contributed by atoms with E-state index in [9.17, 15) is 4.79 Å². The molecule has 1 aromatic rings. The minimum Gasteiger partial charge on any atom is -0.496 e. The number of methoxy groups -OCH3 is 1. The van der Waals surface area contributed by atoms with Crippen LogP contribution in [0.2, 0.25) is 0 Å². The molecule has 17 heavy (non-hydrogen) atoms. The number of rotatable bonds is 3. The molecule has 5 heteroatoms. The molecule has 1 aliphatic heterocycles. The van der Waals surface area contributed by atoms with Gasteiger partial charge in [-0.25, -0.2) is 0 Å². The van der Waals surface area contributed by atoms with Crippen LogP contribution in [0.25, 0.3) is 0 Å². The quantitative estimate of drug-likeness (QED) is 0.869. The van der Waals surface area contributed by atoms with Gasteiger partial charge in [0.25, 0.3) is 0 Å². The highest BCUT2D eigenvalue weighted by Crippen LogP contribution is 2.33. The lowest BCUT2D eigenvalue weighted by Gasteiger charge is -2.15. The topological polar surface area (TPSA) is 56.8 Å². The van der Waals surface area contributed by atoms with E-state index in [0.29, 0.717) is 24.7 Å². The van der Waals surface area contributed by atoms with E-state index in [2.05, 4.69) is 5.32 Å². The highest BCUT2D eigenvalue weighted by Gasteiger charge is 2.22. The van der Waals surface area contributed by atoms with Gasteiger partial charge in [0.1, 0.15) is 5.75 Å². The van der Waals surface area contributed by atoms with E-state index in [1.165, 1.54) is 6.92 Å². The van der Waals surface area contributed by atoms with E-state index in [0.717, 1.165) is 5.56 Å². The second kappa shape index (κ2) is 5.16. The van der Waals surface area contributed by atoms with Crippen LogP contribution in [0.5, 0.6) is 5.75 Å². The van der Waals surface area contributed by atoms with Crippen LogP contribution in [-0.4, -0.2) is 26.2 Å². The molecule has 1 N–H and O–H groups in total. The summed E-state index contributed by atoms with van der Waals surface area (Å²) in [6, 6.07) is 5.36. The number of anilines is 1. The van der Waals surface area contributed by atoms with Crippen LogP contribution in [0.1, 0.15) is 18.8 Å². The average Bonchev–Trinajstić information content (AvgIpc) is 2.81. The zero-order chi connectivity index (χ0) is 12.3. The maximum atomic E-state index is 11.0. The van der Waals surface area contributed by atoms with Crippen LogP contribution < -0.4 is 10.1 Å². The molecule has 0 unspecified atom stereocenters. The number of hydrogen-bond donors (Lipinski definition) is 1. The summed E-state index contributed by atoms with van der Waals surface area (Å²) in [7, 11) is 1.59. The standard InChI is InChI=1S/C12H15NO4/c1-8(14)13-9-3-4-11(15-2)10(7-9)12-16-5-6-17-12/h3-4,7,12H,5-6H2,1-2H3,(H,13,14). The van der Waals surface area contributed by atoms with Crippen molar-refractivity contribution in [3.63, 3.8) is 0 Å². The predicted molar refractivity (Wildman–Crippen MR) is 61.9 cm³/mol. The van der Waals surface area contributed by atoms with Crippen molar-refractivity contribution in [1.29, 1.82) is 0 Å². The van der Waals surface area contributed by atoms with Crippen molar-refractivity contribution in [2.24, 2.45) is 0 Å². The van der Waals surface area contributed by atoms with Crippen LogP contribution in [0.3, 0.4) is 0 Å². The Morgan fingerprint density at radius 3 is 2.71 bits per heavy atom. The number of carbonyl (C=O) groups excluding carboxylic acids is 1. The Kier molecular flexibility index (Phi) is 3.61. The van der Waals surface area contributed by atoms with E-state index in [1.807, 2.05) is 0 Å². The molecule has 0 radical (unpaired) electrons. The first-order chi connectivity index (χ1) is 8.20. The highest BCUT2D eigenvalue weighted by molar-refractivity contribution is 5.88. The molecule has 1 aliphatic rings. The lowest BCUT2D eigenvalue weighted by atomic mass is 10.1. The van der Waals surface area contributed by atoms with E-state index in [4.69, 9.17) is 14.2 Å². The second-order valence-corrected chi connectivity index (χ2v) is 3.71. The normalized spacial score (nSPS) is 15.9. The van der Waals surface area contributed by atoms with Gasteiger partial charge in [-0.15, -0.1) is 0 Å². The minimum absolute atomic E-state index is 0.116. The molecular formula is C12H15NO4. The van der Waals surface area contributed by atoms with Crippen molar-refractivity contribution in [2.75, 3.05) is 25.6 Å². The number of benzene rings is 1. The molecule has 92 valence electrons. The van der Waals surface area contributed by atoms with Gasteiger partial charge in [-0.2, -0.15) is 0 Å². The lowest BCUT2D eigenvalue weighted by molar-refractivity contribution is -0.114. The molecule has 1 amide bonds. The largest absolute Gasteiger partial charge is 0.496 e. The van der Waals surface area contributed by atoms with Gasteiger partial charge in [0.05, 0.1) is 25.9 Å². The SMILES string of the molecule is COc1ccc(NC(C)=O)cc1C1OCCO1. The molecule has 0 bridgehead atoms. The van der Waals surface area contributed by atoms with E-state index < -0.39 is 6.29 Å². The van der Waals surface area contributed by atoms with Crippen molar-refractivity contribution in [3.05, 3.63) is 23.8 Å². The molecule has 0 spiro atoms. The van der Waals surface area contributed by atoms with Gasteiger partial charge in [0.15, 0.2) is 6.29 Å². The Morgan fingerprint density at radius 1 is 1.41 bits per heavy atom. The van der Waals surface area contributed by atoms with E-state index in [-0.39, 0.29) is 5.91 Å². The van der Waals surface area contributed by atoms with Gasteiger partial charge in [0, 0.05) is 12.6 Å². The van der Waals surface area contributed by atoms with Crippen molar-refractivity contribution in [1.82, 2.24) is 0 Å². The molecule has 1 saturated heterocycles. The number of hydrogen-bond acceptors (Lipinski definition) is 4. The molecule has 5 nitrogen and oxygen atoms in total. The van der Waals surface area contributed by atoms with Crippen molar-refractivity contribution in [3.8, 4) is 5.75 Å². The van der Waals surface area contributed by atoms with Gasteiger partial charge in [-0.05, 0) is 18.2 Å². The molecule has 2 rings (SSSR count). The van der Waals surface area contributed by atoms with Crippen LogP contribution in [0, 0.1) is 0 Å². The Balaban J connectivity index is 2.28. The monoisotopic (exact) mass is 237 g/mol. The number of ether oxygens (including phenoxy) is 3. The Bertz CT molecular complexity index is 413. The number of nitrogens with one attached hydrogen (secondary N) is 1. The van der Waals surface area contributed by atoms with Gasteiger partial charge >= 0.3 is 0 Å². The highest BCUT2D eigenvalue weighted by atomic mass is 16.7. The first-order valence-electron chi connectivity index (χ1n) is 5.39. The zero-order valence-electron chi connectivity index (χ0n) is 9.86. The predicted octanol–water partition coefficient (Wildman–Crippen LogP) is 1.70. The van der Waals surface area contributed by atoms with Crippen LogP contribution >= 0.6 is 0 Å². The third-order valence-electron chi connectivity index (χ3n) is 2.43. The third-order valence-corrected chi connectivity index (χ3v) is 2.43. The minimum atomic E-state index is -0.418. The lowest BCUT2D eigenvalue weighted by Crippen LogP contribution is -2.08. The van der Waals surface area contributed by atoms with E-state index in [1.54, 1.807) is 25.3 Å². The fourth-order valence-corrected chi connectivity index (χ4v) is 1.74. The fourth-order valence-electron chi connectivity index (χ4n) is 1.74. The molecule has 0 atom stereocenters. The molecule has 0 aromatic heterocycles. The first kappa shape index (κ1) is 11.9. The zero-order valence-corrected chi connectivity index (χ0v) is 9.86. The third kappa shape index (κ3) is 2.75. The van der Waals surface area contributed by atoms with Crippen molar-refractivity contribution < 1.29 is 19.0 Å². The molecule has 1 aromatic carbocycles. The Labute approximate surface area is 99.7 Å². The summed E-state index contributed by atoms with van der Waals surface area (Å²) in [5.74, 6) is 0.570. The summed E-state index contributed by atoms with van der Waals surface area (Å²) in [5, 5.41) is 2.71. The maximum absolute atomic E-state index is 11.0. The average molecular weight is 237 g/mol. The number of carbonyl (C=O) groups is 1. The van der Waals surface area contributed by atoms with Crippen molar-refractivity contribution >= 4 is 11.6 Å². The Hall–Kier alpha value is -1.59. The number of amides is 1. The molecule has 1 heterocycles. The fraction of sp³-hybridized carbons (Fsp3) is 0.417. The summed E-state index contributed by atoms with van der Waals surface area (Å²) < 4.78 is 16.1. The molecule has 1 fully saturated rings. The van der Waals surface area contributed by atoms with Gasteiger partial charge in [0.2, 0.25) is 5.91 Å². The second-order valence-electron chi connectivity index (χ2n) is 3.71. The summed E-state index contributed by atoms with van der Waals surface area (Å²) in [4.78, 5) is 11.0. The summed E-state index contributed by atoms with van der Waals surface area (Å²) in [5.41, 5.74) is 1.49. The maximum Gasteiger partial charge on any atom is 0.221 e. The van der Waals surface area contributed by atoms with Crippen LogP contribution in [0.15, 0.2) is 18.2 Å². The van der Waals surface area contributed by atoms with Crippen LogP contribution in [0.4, 0.5) is 5.69 Å². The van der Waals surface area contributed by atoms with Crippen LogP contribution in [-0.2, 0) is 14.3 Å². The summed E-state index contributed by atoms with van der Waals surface area (Å²) in [6.07, 6.45) is -0.418. The van der Waals surface area contributed by atoms with Gasteiger partial charge < -0.3 is 19.5 Å². The van der Waals surface area contributed by atoms with Gasteiger partial charge in [-0.3, -0.25) is 4.79 Å². The Morgan fingerprint density at radius 2 is 2.12 bits per heavy atom. The summed E-state index contributed by atoms with van der Waals surface area (Å²) >= 11 is 0. The molecule has 0 aliphatic carbocycles. The van der Waals surface area contributed by atoms with E-state index >= 15 is 0 Å². The first-order valence-corrected chi connectivity index (χ1v) is 5.39. The smallest absolute Gasteiger partial charge is 0.221 e. The summed E-state index contributed by atoms with van der Waals surface area (Å²) in [6.45, 7) is 2.60. The van der Waals surface area contributed by atoms with Gasteiger partial charge in [-0.1, -0.05) is 0 Å². The van der Waals surface area contributed by atoms with Crippen molar-refractivity contribution in [2.45, 2.75) is 13.2 Å².